The highest BCUT2D eigenvalue weighted by Crippen LogP contribution is 2.47. The summed E-state index contributed by atoms with van der Waals surface area (Å²) in [7, 11) is 0. The van der Waals surface area contributed by atoms with Crippen LogP contribution in [0.15, 0.2) is 42.5 Å². The number of halogens is 6. The maximum absolute atomic E-state index is 13.9. The SMILES string of the molecule is CC(C)(C)C1CCC2(CC1)NC(c1cc(C(F)(F)F)cc(C(F)(F)F)c1)C(=O)N2CCc1ccc(C(=O)NCCC(=O)O)cc1. The van der Waals surface area contributed by atoms with Crippen molar-refractivity contribution >= 4 is 17.8 Å². The van der Waals surface area contributed by atoms with Gasteiger partial charge < -0.3 is 15.3 Å². The molecule has 2 aromatic carbocycles. The zero-order valence-corrected chi connectivity index (χ0v) is 25.2. The summed E-state index contributed by atoms with van der Waals surface area (Å²) in [6.07, 6.45) is -7.58. The van der Waals surface area contributed by atoms with Crippen LogP contribution < -0.4 is 10.6 Å². The summed E-state index contributed by atoms with van der Waals surface area (Å²) in [5, 5.41) is 14.4. The van der Waals surface area contributed by atoms with E-state index >= 15 is 0 Å². The van der Waals surface area contributed by atoms with Crippen molar-refractivity contribution in [2.24, 2.45) is 11.3 Å². The van der Waals surface area contributed by atoms with E-state index in [1.54, 1.807) is 29.2 Å². The maximum atomic E-state index is 13.9. The Kier molecular flexibility index (Phi) is 9.63. The fourth-order valence-electron chi connectivity index (χ4n) is 6.30. The molecule has 2 amide bonds. The highest BCUT2D eigenvalue weighted by Gasteiger charge is 2.53. The molecule has 1 saturated carbocycles. The number of aliphatic carboxylic acids is 1. The number of amides is 2. The third kappa shape index (κ3) is 7.98. The minimum absolute atomic E-state index is 0.0151. The Bertz CT molecular complexity index is 1380. The van der Waals surface area contributed by atoms with Gasteiger partial charge in [0.05, 0.1) is 23.2 Å². The van der Waals surface area contributed by atoms with E-state index in [1.807, 2.05) is 0 Å². The van der Waals surface area contributed by atoms with E-state index in [4.69, 9.17) is 5.11 Å². The highest BCUT2D eigenvalue weighted by atomic mass is 19.4. The van der Waals surface area contributed by atoms with Crippen molar-refractivity contribution < 1.29 is 45.8 Å². The molecular weight excluding hydrogens is 604 g/mol. The van der Waals surface area contributed by atoms with Crippen molar-refractivity contribution in [3.8, 4) is 0 Å². The number of carbonyl (C=O) groups is 3. The van der Waals surface area contributed by atoms with Crippen LogP contribution in [0.4, 0.5) is 26.3 Å². The van der Waals surface area contributed by atoms with Gasteiger partial charge in [-0.3, -0.25) is 19.7 Å². The van der Waals surface area contributed by atoms with E-state index in [-0.39, 0.29) is 36.6 Å². The van der Waals surface area contributed by atoms with E-state index in [9.17, 15) is 40.7 Å². The third-order valence-electron chi connectivity index (χ3n) is 8.89. The standard InChI is InChI=1S/C32H37F6N3O4/c1-29(2,3)22-8-12-30(13-9-22)40-26(21-16-23(31(33,34)35)18-24(17-21)32(36,37)38)28(45)41(30)15-11-19-4-6-20(7-5-19)27(44)39-14-10-25(42)43/h4-7,16-18,22,26,40H,8-15H2,1-3H3,(H,39,44)(H,42,43). The number of benzene rings is 2. The lowest BCUT2D eigenvalue weighted by Crippen LogP contribution is -2.55. The fourth-order valence-corrected chi connectivity index (χ4v) is 6.30. The second-order valence-corrected chi connectivity index (χ2v) is 12.9. The average Bonchev–Trinajstić information content (AvgIpc) is 3.20. The van der Waals surface area contributed by atoms with Crippen molar-refractivity contribution in [1.82, 2.24) is 15.5 Å². The zero-order chi connectivity index (χ0) is 33.4. The van der Waals surface area contributed by atoms with E-state index < -0.39 is 53.0 Å². The summed E-state index contributed by atoms with van der Waals surface area (Å²) >= 11 is 0. The van der Waals surface area contributed by atoms with Gasteiger partial charge in [0, 0.05) is 18.7 Å². The first-order valence-corrected chi connectivity index (χ1v) is 14.8. The molecule has 7 nitrogen and oxygen atoms in total. The van der Waals surface area contributed by atoms with Gasteiger partial charge in [-0.1, -0.05) is 32.9 Å². The quantitative estimate of drug-likeness (QED) is 0.283. The van der Waals surface area contributed by atoms with E-state index in [1.165, 1.54) is 0 Å². The Morgan fingerprint density at radius 2 is 1.51 bits per heavy atom. The van der Waals surface area contributed by atoms with E-state index in [0.29, 0.717) is 42.9 Å². The molecule has 2 aromatic rings. The fraction of sp³-hybridized carbons (Fsp3) is 0.531. The molecule has 246 valence electrons. The van der Waals surface area contributed by atoms with Crippen molar-refractivity contribution in [3.63, 3.8) is 0 Å². The van der Waals surface area contributed by atoms with Crippen molar-refractivity contribution in [3.05, 3.63) is 70.3 Å². The molecule has 0 radical (unpaired) electrons. The molecule has 1 heterocycles. The molecular formula is C32H37F6N3O4. The molecule has 1 unspecified atom stereocenters. The van der Waals surface area contributed by atoms with Crippen LogP contribution >= 0.6 is 0 Å². The number of carboxylic acid groups (broad SMARTS) is 1. The molecule has 1 aliphatic carbocycles. The van der Waals surface area contributed by atoms with Crippen LogP contribution in [0.2, 0.25) is 0 Å². The second-order valence-electron chi connectivity index (χ2n) is 12.9. The Hall–Kier alpha value is -3.61. The lowest BCUT2D eigenvalue weighted by Gasteiger charge is -2.46. The first-order chi connectivity index (χ1) is 20.8. The van der Waals surface area contributed by atoms with Gasteiger partial charge in [0.2, 0.25) is 5.91 Å². The monoisotopic (exact) mass is 641 g/mol. The van der Waals surface area contributed by atoms with E-state index in [0.717, 1.165) is 18.4 Å². The number of alkyl halides is 6. The molecule has 1 saturated heterocycles. The Labute approximate surface area is 257 Å². The molecule has 13 heteroatoms. The van der Waals surface area contributed by atoms with Crippen LogP contribution in [-0.4, -0.2) is 46.5 Å². The summed E-state index contributed by atoms with van der Waals surface area (Å²) in [6.45, 7) is 6.45. The van der Waals surface area contributed by atoms with Crippen LogP contribution in [0, 0.1) is 11.3 Å². The molecule has 45 heavy (non-hydrogen) atoms. The van der Waals surface area contributed by atoms with Gasteiger partial charge in [0.15, 0.2) is 0 Å². The minimum Gasteiger partial charge on any atom is -0.481 e. The Morgan fingerprint density at radius 3 is 2.00 bits per heavy atom. The average molecular weight is 642 g/mol. The largest absolute Gasteiger partial charge is 0.481 e. The molecule has 2 fully saturated rings. The van der Waals surface area contributed by atoms with Gasteiger partial charge in [-0.15, -0.1) is 0 Å². The molecule has 1 spiro atoms. The summed E-state index contributed by atoms with van der Waals surface area (Å²) in [5.74, 6) is -1.76. The van der Waals surface area contributed by atoms with Gasteiger partial charge in [0.25, 0.3) is 5.91 Å². The van der Waals surface area contributed by atoms with Crippen molar-refractivity contribution in [1.29, 1.82) is 0 Å². The van der Waals surface area contributed by atoms with E-state index in [2.05, 4.69) is 31.4 Å². The summed E-state index contributed by atoms with van der Waals surface area (Å²) < 4.78 is 81.9. The number of nitrogens with zero attached hydrogens (tertiary/aromatic N) is 1. The normalized spacial score (nSPS) is 22.6. The minimum atomic E-state index is -5.04. The lowest BCUT2D eigenvalue weighted by molar-refractivity contribution is -0.143. The van der Waals surface area contributed by atoms with Crippen molar-refractivity contribution in [2.75, 3.05) is 13.1 Å². The van der Waals surface area contributed by atoms with Crippen LogP contribution in [0.25, 0.3) is 0 Å². The molecule has 1 aliphatic heterocycles. The van der Waals surface area contributed by atoms with Crippen LogP contribution in [-0.2, 0) is 28.4 Å². The van der Waals surface area contributed by atoms with Crippen LogP contribution in [0.5, 0.6) is 0 Å². The van der Waals surface area contributed by atoms with Gasteiger partial charge in [-0.2, -0.15) is 26.3 Å². The summed E-state index contributed by atoms with van der Waals surface area (Å²) in [6, 6.07) is 6.38. The van der Waals surface area contributed by atoms with Gasteiger partial charge in [0.1, 0.15) is 6.04 Å². The summed E-state index contributed by atoms with van der Waals surface area (Å²) in [5.41, 5.74) is -3.23. The molecule has 3 N–H and O–H groups in total. The zero-order valence-electron chi connectivity index (χ0n) is 25.2. The number of rotatable bonds is 8. The summed E-state index contributed by atoms with van der Waals surface area (Å²) in [4.78, 5) is 38.4. The van der Waals surface area contributed by atoms with Crippen LogP contribution in [0.1, 0.15) is 91.5 Å². The van der Waals surface area contributed by atoms with Crippen LogP contribution in [0.3, 0.4) is 0 Å². The first-order valence-electron chi connectivity index (χ1n) is 14.8. The van der Waals surface area contributed by atoms with Crippen molar-refractivity contribution in [2.45, 2.75) is 83.4 Å². The number of hydrogen-bond acceptors (Lipinski definition) is 4. The number of nitrogens with one attached hydrogen (secondary N) is 2. The predicted molar refractivity (Wildman–Crippen MR) is 153 cm³/mol. The predicted octanol–water partition coefficient (Wildman–Crippen LogP) is 6.58. The first kappa shape index (κ1) is 34.3. The number of carbonyl (C=O) groups excluding carboxylic acids is 2. The molecule has 0 aromatic heterocycles. The molecule has 2 aliphatic rings. The molecule has 1 atom stereocenters. The maximum Gasteiger partial charge on any atom is 0.416 e. The topological polar surface area (TPSA) is 98.7 Å². The molecule has 4 rings (SSSR count). The molecule has 0 bridgehead atoms. The number of hydrogen-bond donors (Lipinski definition) is 3. The third-order valence-corrected chi connectivity index (χ3v) is 8.89. The number of carboxylic acids is 1. The lowest BCUT2D eigenvalue weighted by atomic mass is 9.69. The second kappa shape index (κ2) is 12.6. The van der Waals surface area contributed by atoms with Gasteiger partial charge >= 0.3 is 18.3 Å². The van der Waals surface area contributed by atoms with Gasteiger partial charge in [-0.05, 0) is 84.9 Å². The Morgan fingerprint density at radius 1 is 0.956 bits per heavy atom. The Balaban J connectivity index is 1.60. The highest BCUT2D eigenvalue weighted by molar-refractivity contribution is 5.94. The smallest absolute Gasteiger partial charge is 0.416 e. The van der Waals surface area contributed by atoms with Gasteiger partial charge in [-0.25, -0.2) is 0 Å².